The van der Waals surface area contributed by atoms with Gasteiger partial charge in [-0.3, -0.25) is 4.79 Å². The maximum atomic E-state index is 12.1. The van der Waals surface area contributed by atoms with E-state index >= 15 is 0 Å². The lowest BCUT2D eigenvalue weighted by atomic mass is 10.2. The molecular weight excluding hydrogens is 348 g/mol. The number of carbonyl (C=O) groups excluding carboxylic acids is 1. The number of hydrogen-bond donors (Lipinski definition) is 2. The number of aryl methyl sites for hydroxylation is 1. The van der Waals surface area contributed by atoms with Crippen LogP contribution >= 0.6 is 27.5 Å². The van der Waals surface area contributed by atoms with Gasteiger partial charge in [-0.25, -0.2) is 4.79 Å². The molecule has 0 bridgehead atoms. The number of aliphatic carboxylic acids is 1. The van der Waals surface area contributed by atoms with E-state index in [1.165, 1.54) is 4.90 Å². The van der Waals surface area contributed by atoms with Crippen LogP contribution in [0.2, 0.25) is 5.02 Å². The predicted octanol–water partition coefficient (Wildman–Crippen LogP) is 3.74. The Hall–Kier alpha value is -1.27. The molecule has 0 heterocycles. The molecule has 1 aromatic carbocycles. The fourth-order valence-electron chi connectivity index (χ4n) is 1.56. The van der Waals surface area contributed by atoms with Gasteiger partial charge in [-0.2, -0.15) is 0 Å². The van der Waals surface area contributed by atoms with Crippen molar-refractivity contribution in [3.05, 3.63) is 27.2 Å². The predicted molar refractivity (Wildman–Crippen MR) is 82.4 cm³/mol. The van der Waals surface area contributed by atoms with Crippen molar-refractivity contribution in [2.24, 2.45) is 0 Å². The Morgan fingerprint density at radius 3 is 2.55 bits per heavy atom. The second-order valence-electron chi connectivity index (χ2n) is 4.63. The summed E-state index contributed by atoms with van der Waals surface area (Å²) in [5, 5.41) is 12.0. The average molecular weight is 364 g/mol. The van der Waals surface area contributed by atoms with Crippen molar-refractivity contribution in [3.8, 4) is 0 Å². The Balaban J connectivity index is 2.93. The molecule has 0 unspecified atom stereocenters. The molecule has 0 radical (unpaired) electrons. The summed E-state index contributed by atoms with van der Waals surface area (Å²) in [7, 11) is 0. The molecule has 20 heavy (non-hydrogen) atoms. The van der Waals surface area contributed by atoms with Crippen molar-refractivity contribution in [2.45, 2.75) is 26.8 Å². The van der Waals surface area contributed by atoms with Crippen LogP contribution < -0.4 is 5.32 Å². The third-order valence-corrected chi connectivity index (χ3v) is 3.74. The number of urea groups is 1. The summed E-state index contributed by atoms with van der Waals surface area (Å²) in [6, 6.07) is 2.70. The molecule has 0 saturated heterocycles. The van der Waals surface area contributed by atoms with Crippen LogP contribution in [0.1, 0.15) is 19.4 Å². The molecule has 0 aliphatic heterocycles. The SMILES string of the molecule is Cc1cc(Br)c(NC(=O)N(CC(=O)O)C(C)C)cc1Cl. The first-order valence-electron chi connectivity index (χ1n) is 5.97. The van der Waals surface area contributed by atoms with Gasteiger partial charge in [0.2, 0.25) is 0 Å². The Morgan fingerprint density at radius 2 is 2.05 bits per heavy atom. The Morgan fingerprint density at radius 1 is 1.45 bits per heavy atom. The fraction of sp³-hybridized carbons (Fsp3) is 0.385. The lowest BCUT2D eigenvalue weighted by Gasteiger charge is -2.25. The molecule has 0 fully saturated rings. The summed E-state index contributed by atoms with van der Waals surface area (Å²) in [5.41, 5.74) is 1.38. The third-order valence-electron chi connectivity index (χ3n) is 2.68. The number of hydrogen-bond acceptors (Lipinski definition) is 2. The van der Waals surface area contributed by atoms with Crippen molar-refractivity contribution in [2.75, 3.05) is 11.9 Å². The molecule has 5 nitrogen and oxygen atoms in total. The van der Waals surface area contributed by atoms with Crippen LogP contribution in [0, 0.1) is 6.92 Å². The van der Waals surface area contributed by atoms with Crippen LogP contribution in [0.25, 0.3) is 0 Å². The summed E-state index contributed by atoms with van der Waals surface area (Å²) in [4.78, 5) is 24.1. The number of carboxylic acids is 1. The van der Waals surface area contributed by atoms with Crippen molar-refractivity contribution in [1.29, 1.82) is 0 Å². The minimum Gasteiger partial charge on any atom is -0.480 e. The van der Waals surface area contributed by atoms with Crippen LogP contribution in [0.15, 0.2) is 16.6 Å². The number of rotatable bonds is 4. The molecule has 0 aliphatic carbocycles. The number of amides is 2. The zero-order valence-electron chi connectivity index (χ0n) is 11.4. The molecule has 1 aromatic rings. The highest BCUT2D eigenvalue weighted by molar-refractivity contribution is 9.10. The Kier molecular flexibility index (Phi) is 5.83. The van der Waals surface area contributed by atoms with E-state index in [1.54, 1.807) is 26.0 Å². The first-order valence-corrected chi connectivity index (χ1v) is 7.14. The molecule has 1 rings (SSSR count). The van der Waals surface area contributed by atoms with E-state index < -0.39 is 12.0 Å². The first-order chi connectivity index (χ1) is 9.22. The standard InChI is InChI=1S/C13H16BrClN2O3/c1-7(2)17(6-12(18)19)13(20)16-11-5-10(15)8(3)4-9(11)14/h4-5,7H,6H2,1-3H3,(H,16,20)(H,18,19). The molecule has 0 aliphatic rings. The number of anilines is 1. The highest BCUT2D eigenvalue weighted by atomic mass is 79.9. The largest absolute Gasteiger partial charge is 0.480 e. The van der Waals surface area contributed by atoms with Gasteiger partial charge in [0.1, 0.15) is 6.54 Å². The van der Waals surface area contributed by atoms with E-state index in [0.29, 0.717) is 15.2 Å². The maximum absolute atomic E-state index is 12.1. The van der Waals surface area contributed by atoms with Crippen LogP contribution in [0.3, 0.4) is 0 Å². The molecule has 2 amide bonds. The number of benzene rings is 1. The van der Waals surface area contributed by atoms with Crippen molar-refractivity contribution in [1.82, 2.24) is 4.90 Å². The summed E-state index contributed by atoms with van der Waals surface area (Å²) >= 11 is 9.35. The molecule has 0 atom stereocenters. The molecule has 0 saturated carbocycles. The monoisotopic (exact) mass is 362 g/mol. The normalized spacial score (nSPS) is 10.5. The van der Waals surface area contributed by atoms with Gasteiger partial charge in [0.15, 0.2) is 0 Å². The minimum absolute atomic E-state index is 0.231. The molecule has 2 N–H and O–H groups in total. The summed E-state index contributed by atoms with van der Waals surface area (Å²) in [6.07, 6.45) is 0. The number of nitrogens with one attached hydrogen (secondary N) is 1. The topological polar surface area (TPSA) is 69.6 Å². The smallest absolute Gasteiger partial charge is 0.323 e. The quantitative estimate of drug-likeness (QED) is 0.856. The van der Waals surface area contributed by atoms with Crippen molar-refractivity contribution < 1.29 is 14.7 Å². The van der Waals surface area contributed by atoms with E-state index in [0.717, 1.165) is 5.56 Å². The van der Waals surface area contributed by atoms with Crippen LogP contribution in [0.4, 0.5) is 10.5 Å². The second-order valence-corrected chi connectivity index (χ2v) is 5.89. The van der Waals surface area contributed by atoms with Gasteiger partial charge >= 0.3 is 12.0 Å². The highest BCUT2D eigenvalue weighted by Gasteiger charge is 2.20. The minimum atomic E-state index is -1.06. The highest BCUT2D eigenvalue weighted by Crippen LogP contribution is 2.29. The average Bonchev–Trinajstić information content (AvgIpc) is 2.32. The number of halogens is 2. The lowest BCUT2D eigenvalue weighted by molar-refractivity contribution is -0.137. The van der Waals surface area contributed by atoms with Gasteiger partial charge in [0.25, 0.3) is 0 Å². The summed E-state index contributed by atoms with van der Waals surface area (Å²) in [6.45, 7) is 4.99. The van der Waals surface area contributed by atoms with E-state index in [2.05, 4.69) is 21.2 Å². The molecule has 0 aromatic heterocycles. The van der Waals surface area contributed by atoms with Crippen molar-refractivity contribution in [3.63, 3.8) is 0 Å². The van der Waals surface area contributed by atoms with E-state index in [-0.39, 0.29) is 12.6 Å². The van der Waals surface area contributed by atoms with Crippen LogP contribution in [-0.2, 0) is 4.79 Å². The Labute approximate surface area is 131 Å². The molecule has 7 heteroatoms. The summed E-state index contributed by atoms with van der Waals surface area (Å²) in [5.74, 6) is -1.06. The van der Waals surface area contributed by atoms with Crippen LogP contribution in [0.5, 0.6) is 0 Å². The van der Waals surface area contributed by atoms with E-state index in [4.69, 9.17) is 16.7 Å². The molecule has 0 spiro atoms. The molecular formula is C13H16BrClN2O3. The first kappa shape index (κ1) is 16.8. The number of nitrogens with zero attached hydrogens (tertiary/aromatic N) is 1. The van der Waals surface area contributed by atoms with Gasteiger partial charge in [-0.15, -0.1) is 0 Å². The van der Waals surface area contributed by atoms with Crippen molar-refractivity contribution >= 4 is 45.2 Å². The molecule has 110 valence electrons. The lowest BCUT2D eigenvalue weighted by Crippen LogP contribution is -2.43. The van der Waals surface area contributed by atoms with E-state index in [1.807, 2.05) is 6.92 Å². The Bertz CT molecular complexity index is 535. The van der Waals surface area contributed by atoms with Gasteiger partial charge in [0, 0.05) is 15.5 Å². The van der Waals surface area contributed by atoms with Gasteiger partial charge < -0.3 is 15.3 Å². The van der Waals surface area contributed by atoms with E-state index in [9.17, 15) is 9.59 Å². The zero-order chi connectivity index (χ0) is 15.4. The summed E-state index contributed by atoms with van der Waals surface area (Å²) < 4.78 is 0.687. The number of carboxylic acid groups (broad SMARTS) is 1. The van der Waals surface area contributed by atoms with Gasteiger partial charge in [0.05, 0.1) is 5.69 Å². The fourth-order valence-corrected chi connectivity index (χ4v) is 2.28. The third kappa shape index (κ3) is 4.38. The maximum Gasteiger partial charge on any atom is 0.323 e. The second kappa shape index (κ2) is 6.95. The van der Waals surface area contributed by atoms with Gasteiger partial charge in [-0.1, -0.05) is 11.6 Å². The van der Waals surface area contributed by atoms with Crippen LogP contribution in [-0.4, -0.2) is 34.6 Å². The van der Waals surface area contributed by atoms with Gasteiger partial charge in [-0.05, 0) is 54.4 Å². The zero-order valence-corrected chi connectivity index (χ0v) is 13.7. The number of carbonyl (C=O) groups is 2.